The van der Waals surface area contributed by atoms with E-state index in [1.165, 1.54) is 98.4 Å². The number of thiophene rings is 1. The van der Waals surface area contributed by atoms with E-state index in [1.807, 2.05) is 11.3 Å². The largest absolute Gasteiger partial charge is 0.309 e. The summed E-state index contributed by atoms with van der Waals surface area (Å²) in [6.45, 7) is 4.83. The highest BCUT2D eigenvalue weighted by Gasteiger charge is 2.44. The molecule has 6 aliphatic rings. The van der Waals surface area contributed by atoms with Crippen molar-refractivity contribution in [2.45, 2.75) is 62.0 Å². The van der Waals surface area contributed by atoms with Crippen LogP contribution in [0.25, 0.3) is 58.8 Å². The first-order valence-corrected chi connectivity index (χ1v) is 23.7. The Labute approximate surface area is 360 Å². The van der Waals surface area contributed by atoms with Gasteiger partial charge in [0.05, 0.1) is 22.9 Å². The van der Waals surface area contributed by atoms with Crippen LogP contribution in [-0.4, -0.2) is 9.82 Å². The number of thiol groups is 1. The zero-order valence-electron chi connectivity index (χ0n) is 34.0. The topological polar surface area (TPSA) is 4.93 Å². The van der Waals surface area contributed by atoms with Gasteiger partial charge in [-0.1, -0.05) is 135 Å². The Balaban J connectivity index is 0.876. The first-order valence-electron chi connectivity index (χ1n) is 21.9. The maximum Gasteiger partial charge on any atom is 0.149 e. The van der Waals surface area contributed by atoms with E-state index in [4.69, 9.17) is 0 Å². The molecule has 3 heteroatoms. The number of nitrogens with zero attached hydrogens (tertiary/aromatic N) is 1. The summed E-state index contributed by atoms with van der Waals surface area (Å²) in [5.74, 6) is 1.28. The summed E-state index contributed by atoms with van der Waals surface area (Å²) in [4.78, 5) is 1.62. The number of allylic oxidation sites excluding steroid dienone is 15. The van der Waals surface area contributed by atoms with Crippen LogP contribution in [-0.2, 0) is 17.2 Å². The van der Waals surface area contributed by atoms with E-state index in [-0.39, 0.29) is 5.41 Å². The van der Waals surface area contributed by atoms with Gasteiger partial charge in [0.25, 0.3) is 0 Å². The molecule has 0 N–H and O–H groups in total. The number of hydrogen-bond donors (Lipinski definition) is 0. The minimum Gasteiger partial charge on any atom is -0.309 e. The quantitative estimate of drug-likeness (QED) is 0.123. The van der Waals surface area contributed by atoms with Gasteiger partial charge in [-0.25, -0.2) is 0 Å². The van der Waals surface area contributed by atoms with Crippen LogP contribution in [0.3, 0.4) is 0 Å². The van der Waals surface area contributed by atoms with Gasteiger partial charge >= 0.3 is 0 Å². The molecule has 1 aliphatic heterocycles. The third-order valence-corrected chi connectivity index (χ3v) is 17.5. The fourth-order valence-corrected chi connectivity index (χ4v) is 14.8. The first-order chi connectivity index (χ1) is 29.5. The molecule has 290 valence electrons. The second kappa shape index (κ2) is 13.2. The lowest BCUT2D eigenvalue weighted by molar-refractivity contribution is 0.652. The molecule has 0 radical (unpaired) electrons. The van der Waals surface area contributed by atoms with Crippen molar-refractivity contribution in [3.63, 3.8) is 0 Å². The number of para-hydroxylation sites is 1. The van der Waals surface area contributed by atoms with Crippen molar-refractivity contribution in [3.05, 3.63) is 208 Å². The molecule has 0 bridgehead atoms. The molecule has 0 amide bonds. The predicted octanol–water partition coefficient (Wildman–Crippen LogP) is 14.9. The molecule has 5 aliphatic carbocycles. The SMILES string of the molecule is CC1(C)C2=C(CCC=C2)c2c1ccc1c2sc2c(C3C=CC(c4ccc5c(c4)c4cc(C6CC=CC7=C6[SH+]C6C=CC=CC76)ccc4n5-c4ccccc4)=CC3)cccc21. The molecular formula is C57H46NS2+. The molecule has 5 aromatic carbocycles. The second-order valence-corrected chi connectivity index (χ2v) is 20.5. The molecule has 0 spiro atoms. The van der Waals surface area contributed by atoms with Crippen molar-refractivity contribution in [1.29, 1.82) is 0 Å². The van der Waals surface area contributed by atoms with Gasteiger partial charge in [0, 0.05) is 65.3 Å². The van der Waals surface area contributed by atoms with Crippen molar-refractivity contribution in [2.75, 3.05) is 0 Å². The van der Waals surface area contributed by atoms with E-state index in [0.29, 0.717) is 23.0 Å². The number of hydrogen-bond acceptors (Lipinski definition) is 1. The standard InChI is InChI=1S/C57H45NS2/c1-57(2)48-20-8-6-15-45(48)53-49(57)29-28-44-43-19-10-16-39(55(43)60-56(44)53)35-24-22-34(23-25-35)36-26-30-50-46(32-36)47-33-37(27-31-51(47)58(50)38-12-4-3-5-13-38)40-17-11-18-42-41-14-7-9-21-52(41)59-54(40)42/h3-5,7-14,16,18-24,26-33,35,40-41,52H,6,15,17,25H2,1-2H3/p+1. The van der Waals surface area contributed by atoms with Gasteiger partial charge in [0.1, 0.15) is 10.2 Å². The normalized spacial score (nSPS) is 23.6. The number of rotatable bonds is 4. The zero-order chi connectivity index (χ0) is 39.7. The highest BCUT2D eigenvalue weighted by Crippen LogP contribution is 2.55. The summed E-state index contributed by atoms with van der Waals surface area (Å²) in [6, 6.07) is 37.3. The van der Waals surface area contributed by atoms with Crippen molar-refractivity contribution in [2.24, 2.45) is 5.92 Å². The molecular weight excluding hydrogens is 763 g/mol. The van der Waals surface area contributed by atoms with E-state index < -0.39 is 0 Å². The van der Waals surface area contributed by atoms with E-state index in [1.54, 1.807) is 16.1 Å². The van der Waals surface area contributed by atoms with Crippen LogP contribution in [0.4, 0.5) is 0 Å². The summed E-state index contributed by atoms with van der Waals surface area (Å²) >= 11 is 3.51. The van der Waals surface area contributed by atoms with Crippen molar-refractivity contribution < 1.29 is 0 Å². The molecule has 3 heterocycles. The van der Waals surface area contributed by atoms with Gasteiger partial charge in [-0.3, -0.25) is 0 Å². The highest BCUT2D eigenvalue weighted by atomic mass is 32.2. The molecule has 0 saturated carbocycles. The molecule has 0 saturated heterocycles. The van der Waals surface area contributed by atoms with Crippen LogP contribution in [0.2, 0.25) is 0 Å². The Bertz CT molecular complexity index is 3270. The van der Waals surface area contributed by atoms with Crippen LogP contribution >= 0.6 is 11.3 Å². The minimum absolute atomic E-state index is 0.0582. The summed E-state index contributed by atoms with van der Waals surface area (Å²) in [5.41, 5.74) is 17.0. The Morgan fingerprint density at radius 1 is 0.717 bits per heavy atom. The highest BCUT2D eigenvalue weighted by molar-refractivity contribution is 7.84. The number of fused-ring (bicyclic) bond motifs is 11. The molecule has 7 aromatic rings. The lowest BCUT2D eigenvalue weighted by Gasteiger charge is -2.23. The van der Waals surface area contributed by atoms with Gasteiger partial charge in [0.15, 0.2) is 0 Å². The van der Waals surface area contributed by atoms with Gasteiger partial charge in [-0.05, 0) is 113 Å². The monoisotopic (exact) mass is 808 g/mol. The molecule has 2 aromatic heterocycles. The fraction of sp³-hybridized carbons (Fsp3) is 0.193. The average Bonchev–Trinajstić information content (AvgIpc) is 4.03. The predicted molar refractivity (Wildman–Crippen MR) is 261 cm³/mol. The number of benzene rings is 5. The van der Waals surface area contributed by atoms with E-state index in [0.717, 1.165) is 25.7 Å². The van der Waals surface area contributed by atoms with E-state index in [2.05, 4.69) is 182 Å². The van der Waals surface area contributed by atoms with Crippen LogP contribution in [0.1, 0.15) is 79.2 Å². The molecule has 60 heavy (non-hydrogen) atoms. The van der Waals surface area contributed by atoms with Gasteiger partial charge in [0.2, 0.25) is 0 Å². The Hall–Kier alpha value is -5.61. The van der Waals surface area contributed by atoms with Crippen molar-refractivity contribution in [1.82, 2.24) is 4.57 Å². The Kier molecular flexibility index (Phi) is 7.73. The van der Waals surface area contributed by atoms with Gasteiger partial charge < -0.3 is 4.57 Å². The molecule has 0 fully saturated rings. The maximum atomic E-state index is 2.53. The summed E-state index contributed by atoms with van der Waals surface area (Å²) in [7, 11) is 0. The second-order valence-electron chi connectivity index (χ2n) is 18.1. The molecule has 4 unspecified atom stereocenters. The lowest BCUT2D eigenvalue weighted by Crippen LogP contribution is -2.16. The summed E-state index contributed by atoms with van der Waals surface area (Å²) in [6.07, 6.45) is 30.7. The van der Waals surface area contributed by atoms with Crippen LogP contribution in [0.5, 0.6) is 0 Å². The summed E-state index contributed by atoms with van der Waals surface area (Å²) in [5, 5.41) is 6.07. The lowest BCUT2D eigenvalue weighted by atomic mass is 9.80. The summed E-state index contributed by atoms with van der Waals surface area (Å²) < 4.78 is 5.40. The van der Waals surface area contributed by atoms with Gasteiger partial charge in [-0.2, -0.15) is 0 Å². The number of aromatic nitrogens is 1. The molecule has 4 atom stereocenters. The molecule has 1 nitrogen and oxygen atoms in total. The third kappa shape index (κ3) is 5.06. The maximum absolute atomic E-state index is 2.53. The van der Waals surface area contributed by atoms with Crippen LogP contribution < -0.4 is 0 Å². The van der Waals surface area contributed by atoms with Gasteiger partial charge in [-0.15, -0.1) is 11.3 Å². The smallest absolute Gasteiger partial charge is 0.149 e. The van der Waals surface area contributed by atoms with Crippen LogP contribution in [0, 0.1) is 5.92 Å². The van der Waals surface area contributed by atoms with E-state index >= 15 is 0 Å². The van der Waals surface area contributed by atoms with Crippen LogP contribution in [0.15, 0.2) is 180 Å². The van der Waals surface area contributed by atoms with Crippen molar-refractivity contribution in [3.8, 4) is 5.69 Å². The Morgan fingerprint density at radius 2 is 1.57 bits per heavy atom. The molecule has 13 rings (SSSR count). The fourth-order valence-electron chi connectivity index (χ4n) is 11.6. The Morgan fingerprint density at radius 3 is 2.45 bits per heavy atom. The minimum atomic E-state index is 0.0582. The first kappa shape index (κ1) is 35.2. The third-order valence-electron chi connectivity index (χ3n) is 14.6. The van der Waals surface area contributed by atoms with E-state index in [9.17, 15) is 0 Å². The zero-order valence-corrected chi connectivity index (χ0v) is 35.7. The average molecular weight is 809 g/mol. The van der Waals surface area contributed by atoms with Crippen molar-refractivity contribution >= 4 is 76.2 Å².